The summed E-state index contributed by atoms with van der Waals surface area (Å²) in [5.41, 5.74) is 0. The van der Waals surface area contributed by atoms with Crippen molar-refractivity contribution < 1.29 is 28.7 Å². The first-order valence-electron chi connectivity index (χ1n) is 21.3. The number of carbonyl (C=O) groups excluding carboxylic acids is 4. The number of unbranched alkanes of at least 4 members (excludes halogenated alkanes) is 18. The molecule has 0 fully saturated rings. The van der Waals surface area contributed by atoms with Crippen LogP contribution in [0.2, 0.25) is 0 Å². The monoisotopic (exact) mass is 709 g/mol. The molecule has 0 heterocycles. The molecule has 0 aromatic rings. The molecule has 0 aliphatic carbocycles. The first kappa shape index (κ1) is 47.9. The van der Waals surface area contributed by atoms with Gasteiger partial charge in [-0.3, -0.25) is 19.2 Å². The number of nitrogens with zero attached hydrogens (tertiary/aromatic N) is 2. The van der Waals surface area contributed by atoms with Crippen LogP contribution < -0.4 is 0 Å². The maximum atomic E-state index is 12.8. The van der Waals surface area contributed by atoms with Gasteiger partial charge < -0.3 is 19.3 Å². The van der Waals surface area contributed by atoms with Crippen LogP contribution in [0, 0.1) is 0 Å². The summed E-state index contributed by atoms with van der Waals surface area (Å²) in [7, 11) is 0. The third kappa shape index (κ3) is 30.7. The van der Waals surface area contributed by atoms with Crippen molar-refractivity contribution in [2.24, 2.45) is 0 Å². The number of esters is 2. The lowest BCUT2D eigenvalue weighted by atomic mass is 10.1. The fourth-order valence-corrected chi connectivity index (χ4v) is 6.21. The highest BCUT2D eigenvalue weighted by Gasteiger charge is 2.14. The van der Waals surface area contributed by atoms with Crippen molar-refractivity contribution in [3.05, 3.63) is 0 Å². The highest BCUT2D eigenvalue weighted by Crippen LogP contribution is 2.13. The summed E-state index contributed by atoms with van der Waals surface area (Å²) in [4.78, 5) is 54.0. The largest absolute Gasteiger partial charge is 0.462 e. The standard InChI is InChI=1S/C42H80N2O6/c1-5-9-13-25-33-43(34-26-14-10-6-2)39(45)29-21-17-19-23-31-41(47)49-37-38-50-42(48)32-24-20-18-22-30-40(46)44(35-27-15-11-7-3)36-28-16-12-8-4/h5-38H2,1-4H3. The summed E-state index contributed by atoms with van der Waals surface area (Å²) in [5, 5.41) is 0. The number of amides is 2. The fraction of sp³-hybridized carbons (Fsp3) is 0.905. The van der Waals surface area contributed by atoms with E-state index in [-0.39, 0.29) is 37.0 Å². The Hall–Kier alpha value is -2.12. The number of hydrogen-bond acceptors (Lipinski definition) is 6. The van der Waals surface area contributed by atoms with E-state index < -0.39 is 0 Å². The van der Waals surface area contributed by atoms with Gasteiger partial charge in [0.2, 0.25) is 11.8 Å². The Morgan fingerprint density at radius 3 is 0.880 bits per heavy atom. The SMILES string of the molecule is CCCCCCN(CCCCCC)C(=O)CCCCCCC(=O)OCCOC(=O)CCCCCCC(=O)N(CCCCCC)CCCCCC. The Bertz CT molecular complexity index is 730. The van der Waals surface area contributed by atoms with E-state index in [0.29, 0.717) is 25.7 Å². The minimum absolute atomic E-state index is 0.0842. The zero-order chi connectivity index (χ0) is 36.9. The molecule has 0 aliphatic rings. The van der Waals surface area contributed by atoms with E-state index in [1.54, 1.807) is 0 Å². The van der Waals surface area contributed by atoms with E-state index in [2.05, 4.69) is 37.5 Å². The summed E-state index contributed by atoms with van der Waals surface area (Å²) >= 11 is 0. The van der Waals surface area contributed by atoms with Gasteiger partial charge in [-0.25, -0.2) is 0 Å². The smallest absolute Gasteiger partial charge is 0.305 e. The van der Waals surface area contributed by atoms with Crippen molar-refractivity contribution in [1.29, 1.82) is 0 Å². The topological polar surface area (TPSA) is 93.2 Å². The zero-order valence-electron chi connectivity index (χ0n) is 33.4. The van der Waals surface area contributed by atoms with Gasteiger partial charge in [-0.1, -0.05) is 130 Å². The lowest BCUT2D eigenvalue weighted by Crippen LogP contribution is -2.32. The number of rotatable bonds is 37. The quantitative estimate of drug-likeness (QED) is 0.0471. The molecule has 0 bridgehead atoms. The maximum Gasteiger partial charge on any atom is 0.305 e. The molecular weight excluding hydrogens is 628 g/mol. The Kier molecular flexibility index (Phi) is 35.1. The third-order valence-electron chi connectivity index (χ3n) is 9.48. The van der Waals surface area contributed by atoms with Gasteiger partial charge in [-0.2, -0.15) is 0 Å². The second-order valence-electron chi connectivity index (χ2n) is 14.3. The summed E-state index contributed by atoms with van der Waals surface area (Å²) < 4.78 is 10.5. The Morgan fingerprint density at radius 2 is 0.600 bits per heavy atom. The van der Waals surface area contributed by atoms with E-state index in [4.69, 9.17) is 9.47 Å². The molecule has 0 rings (SSSR count). The van der Waals surface area contributed by atoms with Crippen LogP contribution in [0.3, 0.4) is 0 Å². The second-order valence-corrected chi connectivity index (χ2v) is 14.3. The van der Waals surface area contributed by atoms with Gasteiger partial charge in [0.15, 0.2) is 0 Å². The molecule has 294 valence electrons. The predicted octanol–water partition coefficient (Wildman–Crippen LogP) is 10.7. The Morgan fingerprint density at radius 1 is 0.340 bits per heavy atom. The van der Waals surface area contributed by atoms with Crippen molar-refractivity contribution in [2.75, 3.05) is 39.4 Å². The van der Waals surface area contributed by atoms with Crippen molar-refractivity contribution >= 4 is 23.8 Å². The molecule has 0 saturated heterocycles. The van der Waals surface area contributed by atoms with Crippen LogP contribution in [0.15, 0.2) is 0 Å². The first-order valence-corrected chi connectivity index (χ1v) is 21.3. The summed E-state index contributed by atoms with van der Waals surface area (Å²) in [5.74, 6) is 0.0270. The minimum Gasteiger partial charge on any atom is -0.462 e. The Labute approximate surface area is 308 Å². The first-order chi connectivity index (χ1) is 24.4. The van der Waals surface area contributed by atoms with Crippen LogP contribution in [-0.4, -0.2) is 72.9 Å². The molecule has 0 atom stereocenters. The highest BCUT2D eigenvalue weighted by molar-refractivity contribution is 5.76. The average Bonchev–Trinajstić information content (AvgIpc) is 3.11. The molecule has 2 amide bonds. The van der Waals surface area contributed by atoms with Gasteiger partial charge in [0.05, 0.1) is 0 Å². The van der Waals surface area contributed by atoms with Gasteiger partial charge in [0.1, 0.15) is 13.2 Å². The van der Waals surface area contributed by atoms with Crippen LogP contribution >= 0.6 is 0 Å². The molecule has 8 heteroatoms. The van der Waals surface area contributed by atoms with Gasteiger partial charge in [-0.05, 0) is 51.4 Å². The van der Waals surface area contributed by atoms with E-state index in [9.17, 15) is 19.2 Å². The van der Waals surface area contributed by atoms with Gasteiger partial charge in [0.25, 0.3) is 0 Å². The number of hydrogen-bond donors (Lipinski definition) is 0. The van der Waals surface area contributed by atoms with E-state index in [0.717, 1.165) is 103 Å². The molecule has 0 aromatic carbocycles. The molecule has 0 radical (unpaired) electrons. The highest BCUT2D eigenvalue weighted by atomic mass is 16.6. The fourth-order valence-electron chi connectivity index (χ4n) is 6.21. The second kappa shape index (κ2) is 36.7. The van der Waals surface area contributed by atoms with Crippen molar-refractivity contribution in [3.63, 3.8) is 0 Å². The van der Waals surface area contributed by atoms with E-state index in [1.807, 2.05) is 0 Å². The van der Waals surface area contributed by atoms with E-state index in [1.165, 1.54) is 77.0 Å². The summed E-state index contributed by atoms with van der Waals surface area (Å²) in [6.07, 6.45) is 27.6. The van der Waals surface area contributed by atoms with Crippen LogP contribution in [0.1, 0.15) is 207 Å². The van der Waals surface area contributed by atoms with Gasteiger partial charge in [-0.15, -0.1) is 0 Å². The normalized spacial score (nSPS) is 11.0. The molecule has 0 N–H and O–H groups in total. The molecule has 8 nitrogen and oxygen atoms in total. The van der Waals surface area contributed by atoms with Crippen molar-refractivity contribution in [1.82, 2.24) is 9.80 Å². The van der Waals surface area contributed by atoms with Gasteiger partial charge >= 0.3 is 11.9 Å². The predicted molar refractivity (Wildman–Crippen MR) is 207 cm³/mol. The average molecular weight is 709 g/mol. The zero-order valence-corrected chi connectivity index (χ0v) is 33.4. The van der Waals surface area contributed by atoms with Crippen LogP contribution in [0.25, 0.3) is 0 Å². The molecule has 50 heavy (non-hydrogen) atoms. The van der Waals surface area contributed by atoms with Crippen LogP contribution in [-0.2, 0) is 28.7 Å². The van der Waals surface area contributed by atoms with Crippen LogP contribution in [0.4, 0.5) is 0 Å². The Balaban J connectivity index is 3.94. The minimum atomic E-state index is -0.266. The van der Waals surface area contributed by atoms with Crippen molar-refractivity contribution in [3.8, 4) is 0 Å². The van der Waals surface area contributed by atoms with Gasteiger partial charge in [0, 0.05) is 51.9 Å². The van der Waals surface area contributed by atoms with E-state index >= 15 is 0 Å². The lowest BCUT2D eigenvalue weighted by molar-refractivity contribution is -0.152. The molecule has 0 spiro atoms. The molecular formula is C42H80N2O6. The summed E-state index contributed by atoms with van der Waals surface area (Å²) in [6, 6.07) is 0. The maximum absolute atomic E-state index is 12.8. The third-order valence-corrected chi connectivity index (χ3v) is 9.48. The summed E-state index contributed by atoms with van der Waals surface area (Å²) in [6.45, 7) is 12.5. The molecule has 0 aromatic heterocycles. The molecule has 0 unspecified atom stereocenters. The number of carbonyl (C=O) groups is 4. The molecule has 0 aliphatic heterocycles. The van der Waals surface area contributed by atoms with Crippen molar-refractivity contribution in [2.45, 2.75) is 207 Å². The lowest BCUT2D eigenvalue weighted by Gasteiger charge is -2.23. The molecule has 0 saturated carbocycles. The van der Waals surface area contributed by atoms with Crippen LogP contribution in [0.5, 0.6) is 0 Å². The number of ether oxygens (including phenoxy) is 2.